The fraction of sp³-hybridized carbons (Fsp3) is 0.154. The third kappa shape index (κ3) is 2.13. The molecule has 0 N–H and O–H groups in total. The van der Waals surface area contributed by atoms with Gasteiger partial charge < -0.3 is 4.57 Å². The van der Waals surface area contributed by atoms with Gasteiger partial charge in [-0.15, -0.1) is 0 Å². The molecule has 0 bridgehead atoms. The first kappa shape index (κ1) is 11.9. The highest BCUT2D eigenvalue weighted by Crippen LogP contribution is 2.10. The number of halogens is 1. The molecule has 3 aromatic heterocycles. The van der Waals surface area contributed by atoms with Gasteiger partial charge in [-0.2, -0.15) is 0 Å². The zero-order valence-electron chi connectivity index (χ0n) is 10.2. The number of pyridine rings is 1. The summed E-state index contributed by atoms with van der Waals surface area (Å²) in [7, 11) is 0. The predicted molar refractivity (Wildman–Crippen MR) is 72.5 cm³/mol. The van der Waals surface area contributed by atoms with Crippen LogP contribution >= 0.6 is 11.6 Å². The van der Waals surface area contributed by atoms with Crippen molar-refractivity contribution in [3.05, 3.63) is 63.6 Å². The van der Waals surface area contributed by atoms with Gasteiger partial charge in [0.1, 0.15) is 5.15 Å². The van der Waals surface area contributed by atoms with Gasteiger partial charge in [0.25, 0.3) is 5.56 Å². The van der Waals surface area contributed by atoms with E-state index in [4.69, 9.17) is 11.6 Å². The molecule has 0 atom stereocenters. The monoisotopic (exact) mass is 274 g/mol. The van der Waals surface area contributed by atoms with Gasteiger partial charge in [-0.25, -0.2) is 9.97 Å². The Hall–Kier alpha value is -2.14. The van der Waals surface area contributed by atoms with E-state index < -0.39 is 0 Å². The summed E-state index contributed by atoms with van der Waals surface area (Å²) in [4.78, 5) is 20.1. The van der Waals surface area contributed by atoms with Gasteiger partial charge in [0.05, 0.1) is 6.54 Å². The summed E-state index contributed by atoms with van der Waals surface area (Å²) < 4.78 is 3.49. The maximum Gasteiger partial charge on any atom is 0.259 e. The number of hydrogen-bond acceptors (Lipinski definition) is 3. The van der Waals surface area contributed by atoms with E-state index in [-0.39, 0.29) is 5.56 Å². The first-order valence-electron chi connectivity index (χ1n) is 5.79. The molecule has 0 aliphatic rings. The number of nitrogens with zero attached hydrogens (tertiary/aromatic N) is 4. The van der Waals surface area contributed by atoms with E-state index in [0.717, 1.165) is 11.3 Å². The molecule has 5 nitrogen and oxygen atoms in total. The minimum absolute atomic E-state index is 0.0736. The number of imidazole rings is 1. The molecule has 3 rings (SSSR count). The molecule has 0 aliphatic heterocycles. The van der Waals surface area contributed by atoms with Crippen LogP contribution in [-0.4, -0.2) is 18.9 Å². The highest BCUT2D eigenvalue weighted by molar-refractivity contribution is 6.29. The minimum Gasteiger partial charge on any atom is -0.311 e. The van der Waals surface area contributed by atoms with Crippen LogP contribution in [0.25, 0.3) is 5.78 Å². The average molecular weight is 275 g/mol. The molecule has 0 aliphatic carbocycles. The fourth-order valence-corrected chi connectivity index (χ4v) is 2.14. The van der Waals surface area contributed by atoms with Crippen molar-refractivity contribution in [3.63, 3.8) is 0 Å². The first-order chi connectivity index (χ1) is 9.15. The van der Waals surface area contributed by atoms with Crippen LogP contribution in [-0.2, 0) is 6.54 Å². The van der Waals surface area contributed by atoms with Gasteiger partial charge in [-0.3, -0.25) is 9.20 Å². The molecule has 0 spiro atoms. The van der Waals surface area contributed by atoms with E-state index in [0.29, 0.717) is 17.5 Å². The van der Waals surface area contributed by atoms with Gasteiger partial charge in [-0.05, 0) is 18.6 Å². The summed E-state index contributed by atoms with van der Waals surface area (Å²) in [6, 6.07) is 5.25. The predicted octanol–water partition coefficient (Wildman–Crippen LogP) is 1.90. The smallest absolute Gasteiger partial charge is 0.259 e. The lowest BCUT2D eigenvalue weighted by Gasteiger charge is -2.11. The third-order valence-electron chi connectivity index (χ3n) is 2.99. The molecule has 0 saturated heterocycles. The quantitative estimate of drug-likeness (QED) is 0.671. The van der Waals surface area contributed by atoms with E-state index in [1.54, 1.807) is 30.7 Å². The summed E-state index contributed by atoms with van der Waals surface area (Å²) in [5, 5.41) is 0.464. The summed E-state index contributed by atoms with van der Waals surface area (Å²) in [5.74, 6) is 0.625. The van der Waals surface area contributed by atoms with Crippen molar-refractivity contribution in [2.24, 2.45) is 0 Å². The maximum atomic E-state index is 11.8. The second-order valence-electron chi connectivity index (χ2n) is 4.30. The van der Waals surface area contributed by atoms with Crippen LogP contribution in [0, 0.1) is 6.92 Å². The standard InChI is InChI=1S/C13H11ClN4O/c1-9-6-12(19)17-5-4-15-13(17)18(9)8-10-2-3-11(14)16-7-10/h2-7H,8H2,1H3. The van der Waals surface area contributed by atoms with Crippen molar-refractivity contribution in [2.75, 3.05) is 0 Å². The highest BCUT2D eigenvalue weighted by atomic mass is 35.5. The van der Waals surface area contributed by atoms with Crippen LogP contribution < -0.4 is 5.56 Å². The molecule has 96 valence electrons. The van der Waals surface area contributed by atoms with Crippen LogP contribution in [0.2, 0.25) is 5.15 Å². The average Bonchev–Trinajstić information content (AvgIpc) is 2.86. The van der Waals surface area contributed by atoms with E-state index >= 15 is 0 Å². The van der Waals surface area contributed by atoms with Gasteiger partial charge in [0, 0.05) is 30.4 Å². The van der Waals surface area contributed by atoms with Gasteiger partial charge >= 0.3 is 0 Å². The summed E-state index contributed by atoms with van der Waals surface area (Å²) in [5.41, 5.74) is 1.79. The molecule has 0 aromatic carbocycles. The van der Waals surface area contributed by atoms with Crippen molar-refractivity contribution >= 4 is 17.4 Å². The topological polar surface area (TPSA) is 52.2 Å². The number of aromatic nitrogens is 4. The molecular weight excluding hydrogens is 264 g/mol. The molecule has 0 saturated carbocycles. The minimum atomic E-state index is -0.0736. The zero-order chi connectivity index (χ0) is 13.4. The second kappa shape index (κ2) is 4.51. The SMILES string of the molecule is Cc1cc(=O)n2ccnc2n1Cc1ccc(Cl)nc1. The molecule has 0 amide bonds. The third-order valence-corrected chi connectivity index (χ3v) is 3.21. The van der Waals surface area contributed by atoms with E-state index in [1.807, 2.05) is 17.6 Å². The number of aryl methyl sites for hydroxylation is 1. The highest BCUT2D eigenvalue weighted by Gasteiger charge is 2.07. The van der Waals surface area contributed by atoms with Crippen molar-refractivity contribution in [3.8, 4) is 0 Å². The molecular formula is C13H11ClN4O. The van der Waals surface area contributed by atoms with Crippen LogP contribution in [0.1, 0.15) is 11.3 Å². The Kier molecular flexibility index (Phi) is 2.83. The number of rotatable bonds is 2. The second-order valence-corrected chi connectivity index (χ2v) is 4.68. The molecule has 19 heavy (non-hydrogen) atoms. The fourth-order valence-electron chi connectivity index (χ4n) is 2.03. The Morgan fingerprint density at radius 2 is 2.16 bits per heavy atom. The normalized spacial score (nSPS) is 11.1. The Balaban J connectivity index is 2.12. The Morgan fingerprint density at radius 1 is 1.32 bits per heavy atom. The molecule has 0 unspecified atom stereocenters. The van der Waals surface area contributed by atoms with E-state index in [2.05, 4.69) is 9.97 Å². The number of fused-ring (bicyclic) bond motifs is 1. The molecule has 3 aromatic rings. The molecule has 6 heteroatoms. The largest absolute Gasteiger partial charge is 0.311 e. The van der Waals surface area contributed by atoms with Gasteiger partial charge in [0.15, 0.2) is 0 Å². The lowest BCUT2D eigenvalue weighted by molar-refractivity contribution is 0.746. The summed E-state index contributed by atoms with van der Waals surface area (Å²) >= 11 is 5.77. The maximum absolute atomic E-state index is 11.8. The van der Waals surface area contributed by atoms with Crippen LogP contribution in [0.4, 0.5) is 0 Å². The van der Waals surface area contributed by atoms with E-state index in [9.17, 15) is 4.79 Å². The van der Waals surface area contributed by atoms with Gasteiger partial charge in [0.2, 0.25) is 5.78 Å². The number of hydrogen-bond donors (Lipinski definition) is 0. The van der Waals surface area contributed by atoms with Crippen molar-refractivity contribution < 1.29 is 0 Å². The van der Waals surface area contributed by atoms with E-state index in [1.165, 1.54) is 4.40 Å². The molecule has 3 heterocycles. The Labute approximate surface area is 114 Å². The van der Waals surface area contributed by atoms with Crippen molar-refractivity contribution in [1.29, 1.82) is 0 Å². The zero-order valence-corrected chi connectivity index (χ0v) is 11.0. The van der Waals surface area contributed by atoms with Gasteiger partial charge in [-0.1, -0.05) is 17.7 Å². The van der Waals surface area contributed by atoms with Crippen LogP contribution in [0.5, 0.6) is 0 Å². The summed E-state index contributed by atoms with van der Waals surface area (Å²) in [6.07, 6.45) is 5.00. The van der Waals surface area contributed by atoms with Crippen molar-refractivity contribution in [1.82, 2.24) is 18.9 Å². The van der Waals surface area contributed by atoms with Crippen LogP contribution in [0.15, 0.2) is 41.6 Å². The lowest BCUT2D eigenvalue weighted by atomic mass is 10.2. The molecule has 0 fully saturated rings. The lowest BCUT2D eigenvalue weighted by Crippen LogP contribution is -2.19. The van der Waals surface area contributed by atoms with Crippen LogP contribution in [0.3, 0.4) is 0 Å². The Morgan fingerprint density at radius 3 is 2.89 bits per heavy atom. The summed E-state index contributed by atoms with van der Waals surface area (Å²) in [6.45, 7) is 2.48. The van der Waals surface area contributed by atoms with Crippen molar-refractivity contribution in [2.45, 2.75) is 13.5 Å². The molecule has 0 radical (unpaired) electrons. The first-order valence-corrected chi connectivity index (χ1v) is 6.17. The Bertz CT molecular complexity index is 789.